The van der Waals surface area contributed by atoms with E-state index in [0.717, 1.165) is 16.9 Å². The summed E-state index contributed by atoms with van der Waals surface area (Å²) in [4.78, 5) is 30.5. The smallest absolute Gasteiger partial charge is 0.254 e. The van der Waals surface area contributed by atoms with E-state index in [9.17, 15) is 18.4 Å². The highest BCUT2D eigenvalue weighted by molar-refractivity contribution is 6.02. The number of carbonyl (C=O) groups is 2. The number of para-hydroxylation sites is 2. The number of nitrogens with zero attached hydrogens (tertiary/aromatic N) is 3. The van der Waals surface area contributed by atoms with Crippen molar-refractivity contribution in [3.05, 3.63) is 120 Å². The van der Waals surface area contributed by atoms with Crippen LogP contribution in [0, 0.1) is 11.6 Å². The van der Waals surface area contributed by atoms with E-state index in [4.69, 9.17) is 0 Å². The molecule has 0 fully saturated rings. The predicted molar refractivity (Wildman–Crippen MR) is 134 cm³/mol. The topological polar surface area (TPSA) is 45.6 Å². The third-order valence-corrected chi connectivity index (χ3v) is 6.45. The van der Waals surface area contributed by atoms with Crippen LogP contribution in [0.1, 0.15) is 41.5 Å². The van der Waals surface area contributed by atoms with Crippen molar-refractivity contribution >= 4 is 17.5 Å². The fourth-order valence-electron chi connectivity index (χ4n) is 4.69. The lowest BCUT2D eigenvalue weighted by molar-refractivity contribution is -0.120. The third-order valence-electron chi connectivity index (χ3n) is 6.45. The van der Waals surface area contributed by atoms with Gasteiger partial charge in [-0.2, -0.15) is 0 Å². The van der Waals surface area contributed by atoms with E-state index in [-0.39, 0.29) is 30.2 Å². The molecule has 0 N–H and O–H groups in total. The Balaban J connectivity index is 1.56. The summed E-state index contributed by atoms with van der Waals surface area (Å²) < 4.78 is 29.2. The molecule has 1 aliphatic rings. The number of fused-ring (bicyclic) bond motifs is 3. The van der Waals surface area contributed by atoms with Gasteiger partial charge in [0.05, 0.1) is 17.1 Å². The zero-order valence-electron chi connectivity index (χ0n) is 19.9. The number of hydrogen-bond donors (Lipinski definition) is 0. The summed E-state index contributed by atoms with van der Waals surface area (Å²) in [6.45, 7) is 3.49. The molecule has 5 rings (SSSR count). The van der Waals surface area contributed by atoms with Gasteiger partial charge >= 0.3 is 0 Å². The summed E-state index contributed by atoms with van der Waals surface area (Å²) in [6, 6.07) is 22.0. The largest absolute Gasteiger partial charge is 0.327 e. The molecular weight excluding hydrogens is 460 g/mol. The van der Waals surface area contributed by atoms with Crippen LogP contribution < -0.4 is 4.90 Å². The number of carbonyl (C=O) groups excluding carboxylic acids is 2. The van der Waals surface area contributed by atoms with E-state index < -0.39 is 11.9 Å². The molecule has 1 atom stereocenters. The first-order valence-electron chi connectivity index (χ1n) is 11.8. The van der Waals surface area contributed by atoms with Crippen LogP contribution in [0.25, 0.3) is 5.69 Å². The third kappa shape index (κ3) is 4.17. The SMILES string of the molecule is CC(C)N(CC(=O)N1c2ccccc2-n2cccc2C1c1ccc(F)cc1)C(=O)c1ccc(F)cc1. The van der Waals surface area contributed by atoms with Gasteiger partial charge in [0.1, 0.15) is 24.2 Å². The molecule has 7 heteroatoms. The Morgan fingerprint density at radius 3 is 2.08 bits per heavy atom. The van der Waals surface area contributed by atoms with Crippen LogP contribution in [0.3, 0.4) is 0 Å². The van der Waals surface area contributed by atoms with Crippen molar-refractivity contribution in [1.29, 1.82) is 0 Å². The van der Waals surface area contributed by atoms with E-state index in [0.29, 0.717) is 11.3 Å². The molecule has 36 heavy (non-hydrogen) atoms. The van der Waals surface area contributed by atoms with Gasteiger partial charge in [-0.15, -0.1) is 0 Å². The lowest BCUT2D eigenvalue weighted by Crippen LogP contribution is -2.48. The molecule has 182 valence electrons. The molecule has 0 spiro atoms. The number of amides is 2. The van der Waals surface area contributed by atoms with Crippen LogP contribution in [-0.4, -0.2) is 33.9 Å². The van der Waals surface area contributed by atoms with Crippen molar-refractivity contribution in [3.63, 3.8) is 0 Å². The molecule has 1 unspecified atom stereocenters. The summed E-state index contributed by atoms with van der Waals surface area (Å²) in [5.41, 5.74) is 3.44. The molecule has 1 aromatic heterocycles. The minimum absolute atomic E-state index is 0.180. The lowest BCUT2D eigenvalue weighted by Gasteiger charge is -2.40. The molecule has 4 aromatic rings. The van der Waals surface area contributed by atoms with Crippen molar-refractivity contribution in [2.24, 2.45) is 0 Å². The second kappa shape index (κ2) is 9.41. The van der Waals surface area contributed by atoms with Crippen molar-refractivity contribution in [2.45, 2.75) is 25.9 Å². The molecule has 0 aliphatic carbocycles. The van der Waals surface area contributed by atoms with Crippen LogP contribution in [0.2, 0.25) is 0 Å². The average Bonchev–Trinajstić information content (AvgIpc) is 3.37. The van der Waals surface area contributed by atoms with Gasteiger partial charge in [-0.05, 0) is 80.1 Å². The maximum atomic E-state index is 14.0. The van der Waals surface area contributed by atoms with E-state index in [2.05, 4.69) is 0 Å². The molecule has 0 radical (unpaired) electrons. The van der Waals surface area contributed by atoms with Gasteiger partial charge in [-0.3, -0.25) is 14.5 Å². The normalized spacial score (nSPS) is 14.4. The van der Waals surface area contributed by atoms with Gasteiger partial charge in [0.25, 0.3) is 5.91 Å². The average molecular weight is 486 g/mol. The first-order chi connectivity index (χ1) is 17.3. The molecule has 0 bridgehead atoms. The standard InChI is InChI=1S/C29H25F2N3O2/c1-19(2)33(29(36)21-11-15-23(31)16-12-21)18-27(35)34-25-7-4-3-6-24(25)32-17-5-8-26(32)28(34)20-9-13-22(30)14-10-20/h3-17,19,28H,18H2,1-2H3. The molecule has 2 amide bonds. The second-order valence-electron chi connectivity index (χ2n) is 9.04. The zero-order valence-corrected chi connectivity index (χ0v) is 19.9. The first kappa shape index (κ1) is 23.5. The van der Waals surface area contributed by atoms with Crippen LogP contribution in [-0.2, 0) is 4.79 Å². The molecular formula is C29H25F2N3O2. The van der Waals surface area contributed by atoms with Crippen LogP contribution in [0.5, 0.6) is 0 Å². The Labute approximate surface area is 208 Å². The highest BCUT2D eigenvalue weighted by atomic mass is 19.1. The predicted octanol–water partition coefficient (Wildman–Crippen LogP) is 5.74. The Hall–Kier alpha value is -4.26. The Morgan fingerprint density at radius 1 is 0.833 bits per heavy atom. The molecule has 0 saturated carbocycles. The van der Waals surface area contributed by atoms with Gasteiger partial charge in [-0.1, -0.05) is 24.3 Å². The Bertz CT molecular complexity index is 1410. The minimum Gasteiger partial charge on any atom is -0.327 e. The van der Waals surface area contributed by atoms with Gasteiger partial charge in [-0.25, -0.2) is 8.78 Å². The zero-order chi connectivity index (χ0) is 25.4. The van der Waals surface area contributed by atoms with Crippen molar-refractivity contribution in [1.82, 2.24) is 9.47 Å². The monoisotopic (exact) mass is 485 g/mol. The maximum absolute atomic E-state index is 14.0. The summed E-state index contributed by atoms with van der Waals surface area (Å²) in [7, 11) is 0. The molecule has 5 nitrogen and oxygen atoms in total. The summed E-state index contributed by atoms with van der Waals surface area (Å²) >= 11 is 0. The van der Waals surface area contributed by atoms with E-state index >= 15 is 0 Å². The van der Waals surface area contributed by atoms with Gasteiger partial charge in [0, 0.05) is 17.8 Å². The quantitative estimate of drug-likeness (QED) is 0.362. The molecule has 3 aromatic carbocycles. The van der Waals surface area contributed by atoms with E-state index in [1.54, 1.807) is 17.0 Å². The molecule has 1 aliphatic heterocycles. The highest BCUT2D eigenvalue weighted by Crippen LogP contribution is 2.42. The second-order valence-corrected chi connectivity index (χ2v) is 9.04. The van der Waals surface area contributed by atoms with E-state index in [1.807, 2.05) is 61.0 Å². The van der Waals surface area contributed by atoms with E-state index in [1.165, 1.54) is 41.3 Å². The molecule has 0 saturated heterocycles. The number of benzene rings is 3. The number of aromatic nitrogens is 1. The van der Waals surface area contributed by atoms with Gasteiger partial charge in [0.15, 0.2) is 0 Å². The summed E-state index contributed by atoms with van der Waals surface area (Å²) in [5.74, 6) is -1.44. The fourth-order valence-corrected chi connectivity index (χ4v) is 4.69. The Kier molecular flexibility index (Phi) is 6.14. The first-order valence-corrected chi connectivity index (χ1v) is 11.8. The van der Waals surface area contributed by atoms with Crippen molar-refractivity contribution < 1.29 is 18.4 Å². The minimum atomic E-state index is -0.516. The number of anilines is 1. The maximum Gasteiger partial charge on any atom is 0.254 e. The molecule has 2 heterocycles. The lowest BCUT2D eigenvalue weighted by atomic mass is 9.97. The van der Waals surface area contributed by atoms with Gasteiger partial charge in [0.2, 0.25) is 5.91 Å². The number of rotatable bonds is 5. The van der Waals surface area contributed by atoms with Crippen molar-refractivity contribution in [2.75, 3.05) is 11.4 Å². The number of hydrogen-bond acceptors (Lipinski definition) is 2. The Morgan fingerprint density at radius 2 is 1.44 bits per heavy atom. The summed E-state index contributed by atoms with van der Waals surface area (Å²) in [5, 5.41) is 0. The van der Waals surface area contributed by atoms with Crippen LogP contribution >= 0.6 is 0 Å². The summed E-state index contributed by atoms with van der Waals surface area (Å²) in [6.07, 6.45) is 1.94. The van der Waals surface area contributed by atoms with Crippen molar-refractivity contribution in [3.8, 4) is 5.69 Å². The van der Waals surface area contributed by atoms with Gasteiger partial charge < -0.3 is 9.47 Å². The van der Waals surface area contributed by atoms with Crippen LogP contribution in [0.4, 0.5) is 14.5 Å². The van der Waals surface area contributed by atoms with Crippen LogP contribution in [0.15, 0.2) is 91.1 Å². The number of halogens is 2. The fraction of sp³-hybridized carbons (Fsp3) is 0.172. The highest BCUT2D eigenvalue weighted by Gasteiger charge is 2.37.